The van der Waals surface area contributed by atoms with Crippen molar-refractivity contribution < 1.29 is 13.9 Å². The Morgan fingerprint density at radius 3 is 2.86 bits per heavy atom. The van der Waals surface area contributed by atoms with Crippen LogP contribution in [0.3, 0.4) is 0 Å². The minimum Gasteiger partial charge on any atom is -0.423 e. The highest BCUT2D eigenvalue weighted by Crippen LogP contribution is 2.22. The number of hydrogen-bond acceptors (Lipinski definition) is 6. The van der Waals surface area contributed by atoms with Crippen LogP contribution in [0.1, 0.15) is 16.1 Å². The van der Waals surface area contributed by atoms with Gasteiger partial charge in [-0.3, -0.25) is 4.98 Å². The Labute approximate surface area is 119 Å². The summed E-state index contributed by atoms with van der Waals surface area (Å²) in [7, 11) is 0. The topological polar surface area (TPSA) is 82.3 Å². The Morgan fingerprint density at radius 1 is 1.24 bits per heavy atom. The van der Waals surface area contributed by atoms with E-state index in [1.54, 1.807) is 12.1 Å². The van der Waals surface area contributed by atoms with Crippen LogP contribution >= 0.6 is 0 Å². The normalized spacial score (nSPS) is 10.5. The summed E-state index contributed by atoms with van der Waals surface area (Å²) in [5, 5.41) is 0.786. The van der Waals surface area contributed by atoms with Gasteiger partial charge in [0, 0.05) is 29.9 Å². The van der Waals surface area contributed by atoms with Gasteiger partial charge in [0.05, 0.1) is 6.20 Å². The first-order valence-corrected chi connectivity index (χ1v) is 6.16. The van der Waals surface area contributed by atoms with Crippen LogP contribution in [-0.4, -0.2) is 15.9 Å². The lowest BCUT2D eigenvalue weighted by Crippen LogP contribution is -2.10. The molecule has 0 radical (unpaired) electrons. The second-order valence-electron chi connectivity index (χ2n) is 4.39. The maximum Gasteiger partial charge on any atom is 0.363 e. The first kappa shape index (κ1) is 13.0. The van der Waals surface area contributed by atoms with Crippen molar-refractivity contribution in [3.8, 4) is 5.75 Å². The molecule has 3 rings (SSSR count). The number of carbonyl (C=O) groups is 1. The first-order chi connectivity index (χ1) is 10.1. The van der Waals surface area contributed by atoms with Crippen molar-refractivity contribution in [1.82, 2.24) is 9.97 Å². The van der Waals surface area contributed by atoms with Crippen LogP contribution in [0.2, 0.25) is 0 Å². The number of esters is 1. The number of benzene rings is 1. The largest absolute Gasteiger partial charge is 0.423 e. The molecule has 0 bridgehead atoms. The zero-order valence-electron chi connectivity index (χ0n) is 11.1. The molecule has 6 heteroatoms. The van der Waals surface area contributed by atoms with Gasteiger partial charge in [-0.05, 0) is 24.6 Å². The summed E-state index contributed by atoms with van der Waals surface area (Å²) in [6, 6.07) is 6.27. The highest BCUT2D eigenvalue weighted by Gasteiger charge is 2.11. The summed E-state index contributed by atoms with van der Waals surface area (Å²) < 4.78 is 10.3. The fourth-order valence-electron chi connectivity index (χ4n) is 1.93. The van der Waals surface area contributed by atoms with Crippen LogP contribution in [0.25, 0.3) is 11.0 Å². The SMILES string of the molecule is Cc1cc(=O)oc2cc(OC(=O)c3cnccn3)ccc12. The second kappa shape index (κ2) is 5.16. The van der Waals surface area contributed by atoms with E-state index in [1.807, 2.05) is 6.92 Å². The Hall–Kier alpha value is -3.02. The summed E-state index contributed by atoms with van der Waals surface area (Å²) in [6.45, 7) is 1.81. The van der Waals surface area contributed by atoms with Crippen molar-refractivity contribution in [3.05, 3.63) is 64.5 Å². The first-order valence-electron chi connectivity index (χ1n) is 6.16. The van der Waals surface area contributed by atoms with Crippen molar-refractivity contribution >= 4 is 16.9 Å². The average Bonchev–Trinajstić information content (AvgIpc) is 2.47. The maximum atomic E-state index is 11.9. The van der Waals surface area contributed by atoms with Gasteiger partial charge in [-0.2, -0.15) is 0 Å². The van der Waals surface area contributed by atoms with Gasteiger partial charge in [-0.1, -0.05) is 0 Å². The molecule has 0 aliphatic heterocycles. The zero-order valence-corrected chi connectivity index (χ0v) is 11.1. The molecular weight excluding hydrogens is 272 g/mol. The number of fused-ring (bicyclic) bond motifs is 1. The number of carbonyl (C=O) groups excluding carboxylic acids is 1. The van der Waals surface area contributed by atoms with Crippen LogP contribution in [-0.2, 0) is 0 Å². The molecule has 2 heterocycles. The van der Waals surface area contributed by atoms with Gasteiger partial charge < -0.3 is 9.15 Å². The number of rotatable bonds is 2. The molecule has 0 fully saturated rings. The van der Waals surface area contributed by atoms with E-state index in [2.05, 4.69) is 9.97 Å². The van der Waals surface area contributed by atoms with Crippen molar-refractivity contribution in [2.75, 3.05) is 0 Å². The quantitative estimate of drug-likeness (QED) is 0.407. The third-order valence-corrected chi connectivity index (χ3v) is 2.91. The predicted molar refractivity (Wildman–Crippen MR) is 74.2 cm³/mol. The summed E-state index contributed by atoms with van der Waals surface area (Å²) in [4.78, 5) is 30.9. The zero-order chi connectivity index (χ0) is 14.8. The van der Waals surface area contributed by atoms with Crippen molar-refractivity contribution in [3.63, 3.8) is 0 Å². The van der Waals surface area contributed by atoms with Crippen LogP contribution in [0.4, 0.5) is 0 Å². The number of hydrogen-bond donors (Lipinski definition) is 0. The highest BCUT2D eigenvalue weighted by molar-refractivity contribution is 5.89. The van der Waals surface area contributed by atoms with E-state index in [1.165, 1.54) is 30.7 Å². The fraction of sp³-hybridized carbons (Fsp3) is 0.0667. The van der Waals surface area contributed by atoms with Crippen LogP contribution in [0.5, 0.6) is 5.75 Å². The smallest absolute Gasteiger partial charge is 0.363 e. The lowest BCUT2D eigenvalue weighted by atomic mass is 10.1. The lowest BCUT2D eigenvalue weighted by Gasteiger charge is -2.05. The molecular formula is C15H10N2O4. The van der Waals surface area contributed by atoms with Gasteiger partial charge in [-0.15, -0.1) is 0 Å². The molecule has 2 aromatic heterocycles. The summed E-state index contributed by atoms with van der Waals surface area (Å²) in [5.74, 6) is -0.357. The summed E-state index contributed by atoms with van der Waals surface area (Å²) in [5.41, 5.74) is 0.818. The molecule has 0 aliphatic carbocycles. The van der Waals surface area contributed by atoms with Gasteiger partial charge in [0.2, 0.25) is 0 Å². The van der Waals surface area contributed by atoms with Crippen molar-refractivity contribution in [2.24, 2.45) is 0 Å². The van der Waals surface area contributed by atoms with E-state index < -0.39 is 11.6 Å². The Kier molecular flexibility index (Phi) is 3.19. The van der Waals surface area contributed by atoms with Crippen molar-refractivity contribution in [1.29, 1.82) is 0 Å². The number of ether oxygens (including phenoxy) is 1. The van der Waals surface area contributed by atoms with Crippen molar-refractivity contribution in [2.45, 2.75) is 6.92 Å². The standard InChI is InChI=1S/C15H10N2O4/c1-9-6-14(18)21-13-7-10(2-3-11(9)13)20-15(19)12-8-16-4-5-17-12/h2-8H,1H3. The minimum absolute atomic E-state index is 0.100. The molecule has 0 aliphatic rings. The molecule has 0 amide bonds. The van der Waals surface area contributed by atoms with Crippen LogP contribution in [0, 0.1) is 6.92 Å². The average molecular weight is 282 g/mol. The Balaban J connectivity index is 1.95. The Bertz CT molecular complexity index is 872. The second-order valence-corrected chi connectivity index (χ2v) is 4.39. The molecule has 104 valence electrons. The van der Waals surface area contributed by atoms with E-state index in [0.717, 1.165) is 10.9 Å². The minimum atomic E-state index is -0.627. The van der Waals surface area contributed by atoms with E-state index in [4.69, 9.17) is 9.15 Å². The lowest BCUT2D eigenvalue weighted by molar-refractivity contribution is 0.0728. The highest BCUT2D eigenvalue weighted by atomic mass is 16.5. The van der Waals surface area contributed by atoms with E-state index in [0.29, 0.717) is 5.58 Å². The van der Waals surface area contributed by atoms with Gasteiger partial charge in [0.25, 0.3) is 0 Å². The predicted octanol–water partition coefficient (Wildman–Crippen LogP) is 2.11. The van der Waals surface area contributed by atoms with E-state index in [-0.39, 0.29) is 11.4 Å². The number of nitrogens with zero attached hydrogens (tertiary/aromatic N) is 2. The van der Waals surface area contributed by atoms with Crippen LogP contribution < -0.4 is 10.4 Å². The van der Waals surface area contributed by atoms with E-state index >= 15 is 0 Å². The third kappa shape index (κ3) is 2.64. The third-order valence-electron chi connectivity index (χ3n) is 2.91. The van der Waals surface area contributed by atoms with Gasteiger partial charge >= 0.3 is 11.6 Å². The maximum absolute atomic E-state index is 11.9. The molecule has 0 saturated carbocycles. The molecule has 0 atom stereocenters. The molecule has 1 aromatic carbocycles. The molecule has 0 unspecified atom stereocenters. The van der Waals surface area contributed by atoms with Gasteiger partial charge in [-0.25, -0.2) is 14.6 Å². The summed E-state index contributed by atoms with van der Waals surface area (Å²) in [6.07, 6.45) is 4.18. The van der Waals surface area contributed by atoms with E-state index in [9.17, 15) is 9.59 Å². The molecule has 0 spiro atoms. The monoisotopic (exact) mass is 282 g/mol. The Morgan fingerprint density at radius 2 is 2.10 bits per heavy atom. The molecule has 0 N–H and O–H groups in total. The number of aromatic nitrogens is 2. The molecule has 6 nitrogen and oxygen atoms in total. The summed E-state index contributed by atoms with van der Waals surface area (Å²) >= 11 is 0. The van der Waals surface area contributed by atoms with Gasteiger partial charge in [0.15, 0.2) is 5.69 Å². The molecule has 21 heavy (non-hydrogen) atoms. The molecule has 3 aromatic rings. The van der Waals surface area contributed by atoms with Crippen LogP contribution in [0.15, 0.2) is 52.1 Å². The molecule has 0 saturated heterocycles. The number of aryl methyl sites for hydroxylation is 1. The van der Waals surface area contributed by atoms with Gasteiger partial charge in [0.1, 0.15) is 11.3 Å². The fourth-order valence-corrected chi connectivity index (χ4v) is 1.93.